The van der Waals surface area contributed by atoms with Crippen LogP contribution in [0.2, 0.25) is 0 Å². The van der Waals surface area contributed by atoms with Crippen molar-refractivity contribution in [1.29, 1.82) is 0 Å². The lowest BCUT2D eigenvalue weighted by atomic mass is 10.1. The third-order valence-electron chi connectivity index (χ3n) is 2.78. The normalized spacial score (nSPS) is 12.3. The second kappa shape index (κ2) is 5.72. The summed E-state index contributed by atoms with van der Waals surface area (Å²) in [7, 11) is 0. The molecule has 2 rings (SSSR count). The van der Waals surface area contributed by atoms with Gasteiger partial charge in [0.15, 0.2) is 0 Å². The molecule has 0 bridgehead atoms. The van der Waals surface area contributed by atoms with Crippen molar-refractivity contribution in [3.63, 3.8) is 0 Å². The van der Waals surface area contributed by atoms with Crippen LogP contribution in [0.15, 0.2) is 40.9 Å². The first-order valence-electron chi connectivity index (χ1n) is 5.89. The van der Waals surface area contributed by atoms with Gasteiger partial charge in [-0.2, -0.15) is 0 Å². The van der Waals surface area contributed by atoms with Crippen molar-refractivity contribution >= 4 is 15.9 Å². The lowest BCUT2D eigenvalue weighted by molar-refractivity contribution is 0.195. The standard InChI is InChI=1S/C15H14BrFO2/c1-9-7-12(17)4-6-14(9)19-15-8-11(16)3-5-13(15)10(2)18/h3-8,10,18H,1-2H3. The molecule has 2 aromatic carbocycles. The number of aliphatic hydroxyl groups excluding tert-OH is 1. The zero-order chi connectivity index (χ0) is 14.0. The summed E-state index contributed by atoms with van der Waals surface area (Å²) in [6.45, 7) is 3.45. The van der Waals surface area contributed by atoms with Gasteiger partial charge in [0, 0.05) is 10.0 Å². The molecule has 0 aromatic heterocycles. The van der Waals surface area contributed by atoms with Crippen LogP contribution in [0, 0.1) is 12.7 Å². The number of rotatable bonds is 3. The molecule has 0 aliphatic carbocycles. The topological polar surface area (TPSA) is 29.5 Å². The molecule has 0 spiro atoms. The summed E-state index contributed by atoms with van der Waals surface area (Å²) in [5.41, 5.74) is 1.39. The molecule has 0 radical (unpaired) electrons. The molecule has 1 atom stereocenters. The smallest absolute Gasteiger partial charge is 0.134 e. The lowest BCUT2D eigenvalue weighted by Gasteiger charge is -2.15. The van der Waals surface area contributed by atoms with Crippen LogP contribution >= 0.6 is 15.9 Å². The first kappa shape index (κ1) is 14.0. The van der Waals surface area contributed by atoms with Crippen LogP contribution < -0.4 is 4.74 Å². The number of halogens is 2. The van der Waals surface area contributed by atoms with E-state index in [-0.39, 0.29) is 5.82 Å². The van der Waals surface area contributed by atoms with Gasteiger partial charge in [-0.1, -0.05) is 22.0 Å². The monoisotopic (exact) mass is 324 g/mol. The first-order valence-corrected chi connectivity index (χ1v) is 6.68. The highest BCUT2D eigenvalue weighted by atomic mass is 79.9. The van der Waals surface area contributed by atoms with Crippen molar-refractivity contribution < 1.29 is 14.2 Å². The number of aryl methyl sites for hydroxylation is 1. The molecule has 1 N–H and O–H groups in total. The van der Waals surface area contributed by atoms with E-state index in [9.17, 15) is 9.50 Å². The Morgan fingerprint density at radius 2 is 1.89 bits per heavy atom. The molecule has 19 heavy (non-hydrogen) atoms. The maximum atomic E-state index is 13.1. The Labute approximate surface area is 120 Å². The van der Waals surface area contributed by atoms with Crippen molar-refractivity contribution in [1.82, 2.24) is 0 Å². The molecule has 100 valence electrons. The second-order valence-electron chi connectivity index (χ2n) is 4.37. The Bertz CT molecular complexity index is 597. The van der Waals surface area contributed by atoms with Gasteiger partial charge >= 0.3 is 0 Å². The van der Waals surface area contributed by atoms with Crippen molar-refractivity contribution in [2.45, 2.75) is 20.0 Å². The minimum atomic E-state index is -0.635. The molecule has 0 amide bonds. The van der Waals surface area contributed by atoms with E-state index < -0.39 is 6.10 Å². The minimum Gasteiger partial charge on any atom is -0.457 e. The van der Waals surface area contributed by atoms with Gasteiger partial charge in [-0.05, 0) is 49.7 Å². The Kier molecular flexibility index (Phi) is 4.22. The fourth-order valence-electron chi connectivity index (χ4n) is 1.79. The van der Waals surface area contributed by atoms with Crippen LogP contribution in [0.5, 0.6) is 11.5 Å². The average molecular weight is 325 g/mol. The fourth-order valence-corrected chi connectivity index (χ4v) is 2.13. The number of ether oxygens (including phenoxy) is 1. The molecule has 0 saturated carbocycles. The third-order valence-corrected chi connectivity index (χ3v) is 3.28. The van der Waals surface area contributed by atoms with Crippen LogP contribution in [0.25, 0.3) is 0 Å². The highest BCUT2D eigenvalue weighted by Gasteiger charge is 2.12. The maximum Gasteiger partial charge on any atom is 0.134 e. The zero-order valence-electron chi connectivity index (χ0n) is 10.7. The molecule has 0 aliphatic rings. The van der Waals surface area contributed by atoms with E-state index >= 15 is 0 Å². The summed E-state index contributed by atoms with van der Waals surface area (Å²) in [4.78, 5) is 0. The lowest BCUT2D eigenvalue weighted by Crippen LogP contribution is -1.97. The predicted molar refractivity (Wildman–Crippen MR) is 76.0 cm³/mol. The van der Waals surface area contributed by atoms with E-state index in [1.54, 1.807) is 32.0 Å². The molecule has 0 heterocycles. The fraction of sp³-hybridized carbons (Fsp3) is 0.200. The summed E-state index contributed by atoms with van der Waals surface area (Å²) >= 11 is 3.37. The Morgan fingerprint density at radius 3 is 2.53 bits per heavy atom. The molecule has 2 aromatic rings. The summed E-state index contributed by atoms with van der Waals surface area (Å²) in [5.74, 6) is 0.829. The molecule has 0 fully saturated rings. The molecular formula is C15H14BrFO2. The molecule has 1 unspecified atom stereocenters. The summed E-state index contributed by atoms with van der Waals surface area (Å²) < 4.78 is 19.7. The summed E-state index contributed by atoms with van der Waals surface area (Å²) in [5, 5.41) is 9.73. The largest absolute Gasteiger partial charge is 0.457 e. The molecule has 4 heteroatoms. The number of hydrogen-bond acceptors (Lipinski definition) is 2. The van der Waals surface area contributed by atoms with Crippen molar-refractivity contribution in [3.05, 3.63) is 57.8 Å². The van der Waals surface area contributed by atoms with Gasteiger partial charge in [0.2, 0.25) is 0 Å². The van der Waals surface area contributed by atoms with Crippen molar-refractivity contribution in [2.24, 2.45) is 0 Å². The highest BCUT2D eigenvalue weighted by molar-refractivity contribution is 9.10. The molecule has 2 nitrogen and oxygen atoms in total. The van der Waals surface area contributed by atoms with Gasteiger partial charge in [0.05, 0.1) is 6.10 Å². The van der Waals surface area contributed by atoms with E-state index in [0.717, 1.165) is 4.47 Å². The molecular weight excluding hydrogens is 311 g/mol. The SMILES string of the molecule is Cc1cc(F)ccc1Oc1cc(Br)ccc1C(C)O. The van der Waals surface area contributed by atoms with Gasteiger partial charge < -0.3 is 9.84 Å². The zero-order valence-corrected chi connectivity index (χ0v) is 12.2. The van der Waals surface area contributed by atoms with Crippen LogP contribution in [0.4, 0.5) is 4.39 Å². The van der Waals surface area contributed by atoms with E-state index in [0.29, 0.717) is 22.6 Å². The first-order chi connectivity index (χ1) is 8.97. The van der Waals surface area contributed by atoms with E-state index in [1.165, 1.54) is 12.1 Å². The molecule has 0 saturated heterocycles. The minimum absolute atomic E-state index is 0.296. The number of aliphatic hydroxyl groups is 1. The van der Waals surface area contributed by atoms with Crippen LogP contribution in [0.1, 0.15) is 24.2 Å². The number of hydrogen-bond donors (Lipinski definition) is 1. The molecule has 0 aliphatic heterocycles. The Morgan fingerprint density at radius 1 is 1.16 bits per heavy atom. The Balaban J connectivity index is 2.39. The highest BCUT2D eigenvalue weighted by Crippen LogP contribution is 2.33. The Hall–Kier alpha value is -1.39. The van der Waals surface area contributed by atoms with Gasteiger partial charge in [0.1, 0.15) is 17.3 Å². The summed E-state index contributed by atoms with van der Waals surface area (Å²) in [6.07, 6.45) is -0.635. The predicted octanol–water partition coefficient (Wildman–Crippen LogP) is 4.74. The van der Waals surface area contributed by atoms with Crippen molar-refractivity contribution in [2.75, 3.05) is 0 Å². The van der Waals surface area contributed by atoms with Crippen LogP contribution in [-0.2, 0) is 0 Å². The quantitative estimate of drug-likeness (QED) is 0.883. The summed E-state index contributed by atoms with van der Waals surface area (Å²) in [6, 6.07) is 9.76. The van der Waals surface area contributed by atoms with E-state index in [4.69, 9.17) is 4.74 Å². The van der Waals surface area contributed by atoms with E-state index in [1.807, 2.05) is 6.07 Å². The average Bonchev–Trinajstić information content (AvgIpc) is 2.32. The number of benzene rings is 2. The van der Waals surface area contributed by atoms with Gasteiger partial charge in [0.25, 0.3) is 0 Å². The van der Waals surface area contributed by atoms with Crippen LogP contribution in [0.3, 0.4) is 0 Å². The second-order valence-corrected chi connectivity index (χ2v) is 5.29. The van der Waals surface area contributed by atoms with Crippen molar-refractivity contribution in [3.8, 4) is 11.5 Å². The van der Waals surface area contributed by atoms with Crippen LogP contribution in [-0.4, -0.2) is 5.11 Å². The van der Waals surface area contributed by atoms with Gasteiger partial charge in [-0.3, -0.25) is 0 Å². The third kappa shape index (κ3) is 3.33. The van der Waals surface area contributed by atoms with Gasteiger partial charge in [-0.25, -0.2) is 4.39 Å². The maximum absolute atomic E-state index is 13.1. The van der Waals surface area contributed by atoms with E-state index in [2.05, 4.69) is 15.9 Å². The van der Waals surface area contributed by atoms with Gasteiger partial charge in [-0.15, -0.1) is 0 Å².